The van der Waals surface area contributed by atoms with Gasteiger partial charge in [-0.15, -0.1) is 16.8 Å². The summed E-state index contributed by atoms with van der Waals surface area (Å²) in [6, 6.07) is 10.2. The van der Waals surface area contributed by atoms with Gasteiger partial charge >= 0.3 is 20.8 Å². The van der Waals surface area contributed by atoms with Crippen molar-refractivity contribution >= 4 is 20.8 Å². The Bertz CT molecular complexity index is 1050. The van der Waals surface area contributed by atoms with Gasteiger partial charge in [-0.2, -0.15) is 0 Å². The van der Waals surface area contributed by atoms with Gasteiger partial charge in [-0.05, 0) is 60.1 Å². The highest BCUT2D eigenvalue weighted by Gasteiger charge is 2.30. The van der Waals surface area contributed by atoms with Crippen LogP contribution >= 0.6 is 0 Å². The van der Waals surface area contributed by atoms with Crippen molar-refractivity contribution in [2.45, 2.75) is 26.7 Å². The fourth-order valence-electron chi connectivity index (χ4n) is 3.25. The van der Waals surface area contributed by atoms with Crippen molar-refractivity contribution in [3.63, 3.8) is 0 Å². The maximum atomic E-state index is 11.4. The zero-order valence-electron chi connectivity index (χ0n) is 15.1. The average Bonchev–Trinajstić information content (AvgIpc) is 3.06. The Balaban J connectivity index is 1.42. The van der Waals surface area contributed by atoms with Crippen LogP contribution in [0.4, 0.5) is 0 Å². The Morgan fingerprint density at radius 1 is 0.643 bits per heavy atom. The van der Waals surface area contributed by atoms with Crippen LogP contribution in [0.2, 0.25) is 0 Å². The molecule has 0 radical (unpaired) electrons. The molecule has 0 fully saturated rings. The molecule has 10 heteroatoms. The fraction of sp³-hybridized carbons (Fsp3) is 0.333. The lowest BCUT2D eigenvalue weighted by Gasteiger charge is -2.20. The van der Waals surface area contributed by atoms with Crippen molar-refractivity contribution in [2.24, 2.45) is 11.8 Å². The highest BCUT2D eigenvalue weighted by molar-refractivity contribution is 7.83. The second kappa shape index (κ2) is 6.56. The van der Waals surface area contributed by atoms with Gasteiger partial charge in [-0.1, -0.05) is 26.0 Å². The van der Waals surface area contributed by atoms with Crippen LogP contribution in [0.5, 0.6) is 23.0 Å². The molecular weight excluding hydrogens is 408 g/mol. The molecule has 0 spiro atoms. The molecule has 0 aromatic heterocycles. The van der Waals surface area contributed by atoms with Crippen molar-refractivity contribution < 1.29 is 33.6 Å². The van der Waals surface area contributed by atoms with Gasteiger partial charge in [0.05, 0.1) is 0 Å². The van der Waals surface area contributed by atoms with Crippen LogP contribution in [0.1, 0.15) is 25.0 Å². The second-order valence-electron chi connectivity index (χ2n) is 7.07. The van der Waals surface area contributed by atoms with Crippen molar-refractivity contribution in [3.8, 4) is 23.0 Å². The van der Waals surface area contributed by atoms with Crippen molar-refractivity contribution in [3.05, 3.63) is 47.5 Å². The minimum Gasteiger partial charge on any atom is -0.349 e. The number of rotatable bonds is 5. The van der Waals surface area contributed by atoms with Gasteiger partial charge in [0.1, 0.15) is 0 Å². The second-order valence-corrected chi connectivity index (χ2v) is 9.37. The van der Waals surface area contributed by atoms with Crippen LogP contribution in [-0.2, 0) is 33.6 Å². The van der Waals surface area contributed by atoms with E-state index in [1.807, 2.05) is 12.1 Å². The SMILES string of the molecule is C[C@H](Cc1ccc2c(c1)OS(=O)(=O)O2)[C@@H](C)Cc1ccc2c(c1)OS(=O)(=O)O2. The molecule has 2 aromatic carbocycles. The summed E-state index contributed by atoms with van der Waals surface area (Å²) in [4.78, 5) is 0. The lowest BCUT2D eigenvalue weighted by atomic mass is 9.85. The van der Waals surface area contributed by atoms with Gasteiger partial charge in [0.15, 0.2) is 23.0 Å². The molecule has 2 heterocycles. The molecule has 2 aliphatic rings. The zero-order chi connectivity index (χ0) is 20.1. The summed E-state index contributed by atoms with van der Waals surface area (Å²) in [5.41, 5.74) is 1.88. The molecule has 0 unspecified atom stereocenters. The highest BCUT2D eigenvalue weighted by atomic mass is 32.3. The van der Waals surface area contributed by atoms with E-state index in [0.717, 1.165) is 24.0 Å². The van der Waals surface area contributed by atoms with Gasteiger partial charge < -0.3 is 16.7 Å². The van der Waals surface area contributed by atoms with Crippen molar-refractivity contribution in [1.82, 2.24) is 0 Å². The van der Waals surface area contributed by atoms with Gasteiger partial charge in [0, 0.05) is 0 Å². The molecule has 0 saturated carbocycles. The standard InChI is InChI=1S/C18H18O8S2/c1-11(7-13-3-5-15-17(9-13)25-27(19,20)23-15)12(2)8-14-4-6-16-18(10-14)26-28(21,22)24-16/h3-6,9-12H,7-8H2,1-2H3/t11-,12+. The van der Waals surface area contributed by atoms with E-state index in [0.29, 0.717) is 0 Å². The van der Waals surface area contributed by atoms with E-state index in [4.69, 9.17) is 16.7 Å². The first-order valence-corrected chi connectivity index (χ1v) is 11.3. The molecule has 28 heavy (non-hydrogen) atoms. The zero-order valence-corrected chi connectivity index (χ0v) is 16.7. The molecular formula is C18H18O8S2. The molecule has 2 aliphatic heterocycles. The summed E-state index contributed by atoms with van der Waals surface area (Å²) >= 11 is 0. The Morgan fingerprint density at radius 2 is 1.00 bits per heavy atom. The monoisotopic (exact) mass is 426 g/mol. The largest absolute Gasteiger partial charge is 0.501 e. The highest BCUT2D eigenvalue weighted by Crippen LogP contribution is 2.38. The summed E-state index contributed by atoms with van der Waals surface area (Å²) in [5.74, 6) is 1.33. The number of hydrogen-bond acceptors (Lipinski definition) is 8. The number of fused-ring (bicyclic) bond motifs is 2. The van der Waals surface area contributed by atoms with Crippen LogP contribution < -0.4 is 16.7 Å². The van der Waals surface area contributed by atoms with E-state index in [-0.39, 0.29) is 34.8 Å². The molecule has 0 amide bonds. The van der Waals surface area contributed by atoms with E-state index >= 15 is 0 Å². The summed E-state index contributed by atoms with van der Waals surface area (Å²) in [6.07, 6.45) is 1.44. The van der Waals surface area contributed by atoms with E-state index < -0.39 is 20.8 Å². The van der Waals surface area contributed by atoms with E-state index in [1.165, 1.54) is 0 Å². The molecule has 2 atom stereocenters. The predicted octanol–water partition coefficient (Wildman–Crippen LogP) is 2.78. The third kappa shape index (κ3) is 3.88. The smallest absolute Gasteiger partial charge is 0.349 e. The minimum atomic E-state index is -3.99. The van der Waals surface area contributed by atoms with Crippen molar-refractivity contribution in [2.75, 3.05) is 0 Å². The molecule has 0 saturated heterocycles. The normalized spacial score (nSPS) is 19.9. The van der Waals surface area contributed by atoms with E-state index in [9.17, 15) is 16.8 Å². The van der Waals surface area contributed by atoms with Crippen LogP contribution in [-0.4, -0.2) is 16.8 Å². The van der Waals surface area contributed by atoms with Crippen LogP contribution in [0, 0.1) is 11.8 Å². The quantitative estimate of drug-likeness (QED) is 0.719. The Kier molecular flexibility index (Phi) is 4.42. The lowest BCUT2D eigenvalue weighted by molar-refractivity contribution is 0.383. The van der Waals surface area contributed by atoms with Crippen LogP contribution in [0.25, 0.3) is 0 Å². The van der Waals surface area contributed by atoms with Gasteiger partial charge in [-0.25, -0.2) is 0 Å². The number of benzene rings is 2. The van der Waals surface area contributed by atoms with Crippen molar-refractivity contribution in [1.29, 1.82) is 0 Å². The fourth-order valence-corrected chi connectivity index (χ4v) is 4.73. The molecule has 2 aromatic rings. The third-order valence-electron chi connectivity index (χ3n) is 4.87. The topological polar surface area (TPSA) is 105 Å². The first-order chi connectivity index (χ1) is 13.1. The maximum absolute atomic E-state index is 11.4. The molecule has 0 N–H and O–H groups in total. The van der Waals surface area contributed by atoms with E-state index in [1.54, 1.807) is 24.3 Å². The Morgan fingerprint density at radius 3 is 1.39 bits per heavy atom. The third-order valence-corrected chi connectivity index (χ3v) is 6.41. The Hall–Kier alpha value is -2.46. The van der Waals surface area contributed by atoms with E-state index in [2.05, 4.69) is 13.8 Å². The molecule has 0 bridgehead atoms. The summed E-state index contributed by atoms with van der Waals surface area (Å²) in [5, 5.41) is 0. The average molecular weight is 426 g/mol. The Labute approximate surface area is 163 Å². The summed E-state index contributed by atoms with van der Waals surface area (Å²) in [6.45, 7) is 4.20. The first kappa shape index (κ1) is 18.9. The maximum Gasteiger partial charge on any atom is 0.501 e. The molecule has 8 nitrogen and oxygen atoms in total. The lowest BCUT2D eigenvalue weighted by Crippen LogP contribution is -2.13. The first-order valence-electron chi connectivity index (χ1n) is 8.64. The molecule has 0 aliphatic carbocycles. The van der Waals surface area contributed by atoms with Gasteiger partial charge in [0.25, 0.3) is 0 Å². The van der Waals surface area contributed by atoms with Gasteiger partial charge in [0.2, 0.25) is 0 Å². The molecule has 150 valence electrons. The number of hydrogen-bond donors (Lipinski definition) is 0. The van der Waals surface area contributed by atoms with Crippen LogP contribution in [0.3, 0.4) is 0 Å². The molecule has 4 rings (SSSR count). The minimum absolute atomic E-state index is 0.194. The van der Waals surface area contributed by atoms with Gasteiger partial charge in [-0.3, -0.25) is 0 Å². The summed E-state index contributed by atoms with van der Waals surface area (Å²) < 4.78 is 64.5. The summed E-state index contributed by atoms with van der Waals surface area (Å²) in [7, 11) is -7.97. The van der Waals surface area contributed by atoms with Crippen LogP contribution in [0.15, 0.2) is 36.4 Å². The predicted molar refractivity (Wildman–Crippen MR) is 99.0 cm³/mol.